The van der Waals surface area contributed by atoms with Gasteiger partial charge in [0.15, 0.2) is 18.4 Å². The Balaban J connectivity index is 1.52. The van der Waals surface area contributed by atoms with Gasteiger partial charge >= 0.3 is 17.9 Å². The number of hydrogen-bond acceptors (Lipinski definition) is 8. The van der Waals surface area contributed by atoms with Crippen molar-refractivity contribution >= 4 is 17.9 Å². The molecule has 2 heterocycles. The van der Waals surface area contributed by atoms with Gasteiger partial charge in [-0.2, -0.15) is 0 Å². The monoisotopic (exact) mass is 455 g/mol. The Morgan fingerprint density at radius 3 is 2.24 bits per heavy atom. The fourth-order valence-corrected chi connectivity index (χ4v) is 3.37. The van der Waals surface area contributed by atoms with Gasteiger partial charge < -0.3 is 24.3 Å². The van der Waals surface area contributed by atoms with Crippen molar-refractivity contribution in [2.45, 2.75) is 24.5 Å². The van der Waals surface area contributed by atoms with Crippen molar-refractivity contribution in [2.24, 2.45) is 0 Å². The summed E-state index contributed by atoms with van der Waals surface area (Å²) in [7, 11) is 0. The number of carbonyl (C=O) groups excluding carboxylic acids is 2. The van der Waals surface area contributed by atoms with Gasteiger partial charge in [0.25, 0.3) is 0 Å². The second-order valence-corrected chi connectivity index (χ2v) is 7.16. The lowest BCUT2D eigenvalue weighted by atomic mass is 10.1. The number of benzene rings is 2. The highest BCUT2D eigenvalue weighted by atomic mass is 19.1. The number of imidazole rings is 1. The smallest absolute Gasteiger partial charge is 0.432 e. The zero-order chi connectivity index (χ0) is 23.4. The van der Waals surface area contributed by atoms with E-state index in [9.17, 15) is 19.7 Å². The van der Waals surface area contributed by atoms with Crippen LogP contribution in [0.4, 0.5) is 10.3 Å². The molecule has 1 fully saturated rings. The Bertz CT molecular complexity index is 1140. The van der Waals surface area contributed by atoms with Gasteiger partial charge in [-0.05, 0) is 29.2 Å². The number of alkyl halides is 1. The van der Waals surface area contributed by atoms with Crippen LogP contribution in [0, 0.1) is 10.1 Å². The van der Waals surface area contributed by atoms with Crippen molar-refractivity contribution in [3.8, 4) is 0 Å². The number of ether oxygens (including phenoxy) is 3. The van der Waals surface area contributed by atoms with Gasteiger partial charge in [-0.1, -0.05) is 41.4 Å². The second kappa shape index (κ2) is 9.57. The molecular weight excluding hydrogens is 437 g/mol. The van der Waals surface area contributed by atoms with E-state index in [1.807, 2.05) is 0 Å². The first-order valence-electron chi connectivity index (χ1n) is 9.91. The van der Waals surface area contributed by atoms with Crippen LogP contribution in [0.25, 0.3) is 0 Å². The normalized spacial score (nSPS) is 22.0. The molecule has 0 spiro atoms. The zero-order valence-corrected chi connectivity index (χ0v) is 17.0. The number of H-pyrrole nitrogens is 1. The molecule has 0 bridgehead atoms. The number of nitrogens with one attached hydrogen (secondary N) is 1. The number of nitrogens with zero attached hydrogens (tertiary/aromatic N) is 2. The van der Waals surface area contributed by atoms with E-state index in [4.69, 9.17) is 14.2 Å². The molecule has 11 heteroatoms. The lowest BCUT2D eigenvalue weighted by Crippen LogP contribution is -2.34. The predicted molar refractivity (Wildman–Crippen MR) is 110 cm³/mol. The van der Waals surface area contributed by atoms with Crippen LogP contribution >= 0.6 is 0 Å². The number of aromatic nitrogens is 2. The van der Waals surface area contributed by atoms with E-state index in [1.54, 1.807) is 48.5 Å². The number of esters is 2. The Morgan fingerprint density at radius 2 is 1.67 bits per heavy atom. The molecule has 0 unspecified atom stereocenters. The molecule has 33 heavy (non-hydrogen) atoms. The molecule has 0 amide bonds. The summed E-state index contributed by atoms with van der Waals surface area (Å²) < 4.78 is 31.5. The highest BCUT2D eigenvalue weighted by Crippen LogP contribution is 2.38. The maximum absolute atomic E-state index is 15.3. The van der Waals surface area contributed by atoms with Crippen LogP contribution in [0.1, 0.15) is 32.5 Å². The number of nitro groups is 1. The first-order chi connectivity index (χ1) is 15.9. The minimum absolute atomic E-state index is 0.0482. The molecule has 4 atom stereocenters. The van der Waals surface area contributed by atoms with E-state index in [-0.39, 0.29) is 16.8 Å². The predicted octanol–water partition coefficient (Wildman–Crippen LogP) is 3.18. The standard InChI is InChI=1S/C22H18FN3O7/c23-17-16(12-31-20(27)13-7-3-1-4-8-13)32-18(15-11-24-22(25-15)26(29)30)19(17)33-21(28)14-9-5-2-6-10-14/h1-11,16-19H,12H2,(H,24,25)/t16-,17+,18+,19+/m1/s1. The molecule has 3 aromatic rings. The van der Waals surface area contributed by atoms with E-state index in [2.05, 4.69) is 9.97 Å². The highest BCUT2D eigenvalue weighted by Gasteiger charge is 2.50. The van der Waals surface area contributed by atoms with Gasteiger partial charge in [0, 0.05) is 0 Å². The number of carbonyl (C=O) groups is 2. The first-order valence-corrected chi connectivity index (χ1v) is 9.91. The third-order valence-electron chi connectivity index (χ3n) is 4.99. The largest absolute Gasteiger partial charge is 0.459 e. The van der Waals surface area contributed by atoms with Crippen molar-refractivity contribution in [1.29, 1.82) is 0 Å². The zero-order valence-electron chi connectivity index (χ0n) is 17.0. The Kier molecular flexibility index (Phi) is 6.41. The number of halogens is 1. The number of aromatic amines is 1. The van der Waals surface area contributed by atoms with Crippen LogP contribution in [0.5, 0.6) is 0 Å². The molecule has 0 radical (unpaired) electrons. The lowest BCUT2D eigenvalue weighted by Gasteiger charge is -2.18. The van der Waals surface area contributed by atoms with Gasteiger partial charge in [-0.25, -0.2) is 19.0 Å². The van der Waals surface area contributed by atoms with Gasteiger partial charge in [0.05, 0.1) is 11.1 Å². The quantitative estimate of drug-likeness (QED) is 0.326. The minimum Gasteiger partial charge on any atom is -0.459 e. The van der Waals surface area contributed by atoms with Crippen LogP contribution in [-0.2, 0) is 14.2 Å². The van der Waals surface area contributed by atoms with Gasteiger partial charge in [-0.15, -0.1) is 0 Å². The summed E-state index contributed by atoms with van der Waals surface area (Å²) in [5.41, 5.74) is 0.517. The molecule has 1 N–H and O–H groups in total. The summed E-state index contributed by atoms with van der Waals surface area (Å²) in [6, 6.07) is 16.1. The molecule has 4 rings (SSSR count). The molecule has 1 saturated heterocycles. The summed E-state index contributed by atoms with van der Waals surface area (Å²) in [6.45, 7) is -0.457. The van der Waals surface area contributed by atoms with Crippen LogP contribution < -0.4 is 0 Å². The van der Waals surface area contributed by atoms with Gasteiger partial charge in [-0.3, -0.25) is 0 Å². The van der Waals surface area contributed by atoms with Crippen molar-refractivity contribution < 1.29 is 33.1 Å². The summed E-state index contributed by atoms with van der Waals surface area (Å²) in [5.74, 6) is -2.05. The third-order valence-corrected chi connectivity index (χ3v) is 4.99. The molecule has 0 aliphatic carbocycles. The van der Waals surface area contributed by atoms with Gasteiger partial charge in [0.1, 0.15) is 24.6 Å². The fraction of sp³-hybridized carbons (Fsp3) is 0.227. The van der Waals surface area contributed by atoms with Crippen molar-refractivity contribution in [2.75, 3.05) is 6.61 Å². The molecule has 2 aromatic carbocycles. The van der Waals surface area contributed by atoms with Crippen molar-refractivity contribution in [3.63, 3.8) is 0 Å². The fourth-order valence-electron chi connectivity index (χ4n) is 3.37. The van der Waals surface area contributed by atoms with E-state index >= 15 is 4.39 Å². The maximum atomic E-state index is 15.3. The van der Waals surface area contributed by atoms with Gasteiger partial charge in [0.2, 0.25) is 0 Å². The SMILES string of the molecule is O=C(OC[C@H]1O[C@@H](c2cnc([N+](=O)[O-])[nH]2)[C@@H](OC(=O)c2ccccc2)[C@H]1F)c1ccccc1. The Hall–Kier alpha value is -4.12. The highest BCUT2D eigenvalue weighted by molar-refractivity contribution is 5.90. The van der Waals surface area contributed by atoms with E-state index < -0.39 is 53.9 Å². The minimum atomic E-state index is -1.88. The molecule has 0 saturated carbocycles. The lowest BCUT2D eigenvalue weighted by molar-refractivity contribution is -0.393. The first kappa shape index (κ1) is 22.1. The Labute approximate surface area is 186 Å². The maximum Gasteiger partial charge on any atom is 0.432 e. The molecule has 1 aromatic heterocycles. The second-order valence-electron chi connectivity index (χ2n) is 7.16. The summed E-state index contributed by atoms with van der Waals surface area (Å²) in [5, 5.41) is 11.0. The van der Waals surface area contributed by atoms with E-state index in [1.165, 1.54) is 12.1 Å². The van der Waals surface area contributed by atoms with Crippen LogP contribution in [0.2, 0.25) is 0 Å². The van der Waals surface area contributed by atoms with E-state index in [0.29, 0.717) is 0 Å². The molecule has 10 nitrogen and oxygen atoms in total. The topological polar surface area (TPSA) is 134 Å². The molecule has 1 aliphatic rings. The average Bonchev–Trinajstić information content (AvgIpc) is 3.44. The van der Waals surface area contributed by atoms with Crippen LogP contribution in [0.15, 0.2) is 66.9 Å². The van der Waals surface area contributed by atoms with Crippen LogP contribution in [0.3, 0.4) is 0 Å². The van der Waals surface area contributed by atoms with E-state index in [0.717, 1.165) is 6.20 Å². The van der Waals surface area contributed by atoms with Crippen molar-refractivity contribution in [1.82, 2.24) is 9.97 Å². The number of hydrogen-bond donors (Lipinski definition) is 1. The summed E-state index contributed by atoms with van der Waals surface area (Å²) in [6.07, 6.45) is -4.74. The Morgan fingerprint density at radius 1 is 1.06 bits per heavy atom. The van der Waals surface area contributed by atoms with Crippen LogP contribution in [-0.4, -0.2) is 51.8 Å². The molecular formula is C22H18FN3O7. The van der Waals surface area contributed by atoms with Crippen molar-refractivity contribution in [3.05, 3.63) is 93.8 Å². The summed E-state index contributed by atoms with van der Waals surface area (Å²) in [4.78, 5) is 41.0. The molecule has 1 aliphatic heterocycles. The third kappa shape index (κ3) is 4.88. The average molecular weight is 455 g/mol. The number of rotatable bonds is 7. The summed E-state index contributed by atoms with van der Waals surface area (Å²) >= 11 is 0. The molecule has 170 valence electrons.